The first-order valence-corrected chi connectivity index (χ1v) is 3.75. The molecule has 0 bridgehead atoms. The average Bonchev–Trinajstić information content (AvgIpc) is 2.36. The molecule has 0 spiro atoms. The number of hydrogen-bond acceptors (Lipinski definition) is 2. The van der Waals surface area contributed by atoms with Crippen LogP contribution in [0.5, 0.6) is 0 Å². The highest BCUT2D eigenvalue weighted by molar-refractivity contribution is 5.73. The van der Waals surface area contributed by atoms with Crippen LogP contribution < -0.4 is 0 Å². The summed E-state index contributed by atoms with van der Waals surface area (Å²) in [5, 5.41) is 0. The van der Waals surface area contributed by atoms with Crippen molar-refractivity contribution in [2.75, 3.05) is 13.2 Å². The molecule has 1 unspecified atom stereocenters. The largest absolute Gasteiger partial charge is 0.356 e. The zero-order valence-corrected chi connectivity index (χ0v) is 6.75. The van der Waals surface area contributed by atoms with Crippen molar-refractivity contribution in [2.24, 2.45) is 0 Å². The Hall–Kier alpha value is -0.830. The van der Waals surface area contributed by atoms with E-state index in [2.05, 4.69) is 6.58 Å². The average molecular weight is 155 g/mol. The van der Waals surface area contributed by atoms with E-state index in [0.29, 0.717) is 13.2 Å². The molecule has 0 radical (unpaired) electrons. The van der Waals surface area contributed by atoms with Crippen LogP contribution >= 0.6 is 0 Å². The summed E-state index contributed by atoms with van der Waals surface area (Å²) >= 11 is 0. The van der Waals surface area contributed by atoms with E-state index in [4.69, 9.17) is 4.74 Å². The number of amides is 1. The Bertz CT molecular complexity index is 167. The monoisotopic (exact) mass is 155 g/mol. The summed E-state index contributed by atoms with van der Waals surface area (Å²) in [6.07, 6.45) is 2.43. The van der Waals surface area contributed by atoms with Crippen LogP contribution in [0.4, 0.5) is 0 Å². The first-order chi connectivity index (χ1) is 5.25. The standard InChI is InChI=1S/C8H13NO2/c1-3-4-8-9(7(2)10)5-6-11-8/h3,8H,1,4-6H2,2H3. The van der Waals surface area contributed by atoms with E-state index in [9.17, 15) is 4.79 Å². The summed E-state index contributed by atoms with van der Waals surface area (Å²) < 4.78 is 5.30. The van der Waals surface area contributed by atoms with Crippen LogP contribution in [0.15, 0.2) is 12.7 Å². The third kappa shape index (κ3) is 1.80. The Morgan fingerprint density at radius 1 is 1.91 bits per heavy atom. The van der Waals surface area contributed by atoms with Crippen molar-refractivity contribution in [3.8, 4) is 0 Å². The van der Waals surface area contributed by atoms with Crippen LogP contribution in [0.2, 0.25) is 0 Å². The maximum atomic E-state index is 10.9. The van der Waals surface area contributed by atoms with Crippen molar-refractivity contribution in [2.45, 2.75) is 19.6 Å². The van der Waals surface area contributed by atoms with E-state index in [1.807, 2.05) is 0 Å². The van der Waals surface area contributed by atoms with Gasteiger partial charge in [-0.25, -0.2) is 0 Å². The number of carbonyl (C=O) groups excluding carboxylic acids is 1. The van der Waals surface area contributed by atoms with Gasteiger partial charge in [0.1, 0.15) is 6.23 Å². The Balaban J connectivity index is 2.50. The Morgan fingerprint density at radius 2 is 2.64 bits per heavy atom. The minimum absolute atomic E-state index is 0.0648. The van der Waals surface area contributed by atoms with Crippen LogP contribution in [0, 0.1) is 0 Å². The molecule has 1 aliphatic heterocycles. The minimum Gasteiger partial charge on any atom is -0.356 e. The quantitative estimate of drug-likeness (QED) is 0.551. The molecule has 62 valence electrons. The lowest BCUT2D eigenvalue weighted by atomic mass is 10.3. The van der Waals surface area contributed by atoms with Crippen molar-refractivity contribution >= 4 is 5.91 Å². The normalized spacial score (nSPS) is 23.7. The molecule has 3 heteroatoms. The summed E-state index contributed by atoms with van der Waals surface area (Å²) in [6, 6.07) is 0. The van der Waals surface area contributed by atoms with Crippen molar-refractivity contribution in [3.63, 3.8) is 0 Å². The topological polar surface area (TPSA) is 29.5 Å². The van der Waals surface area contributed by atoms with Gasteiger partial charge in [-0.2, -0.15) is 0 Å². The Morgan fingerprint density at radius 3 is 3.18 bits per heavy atom. The van der Waals surface area contributed by atoms with E-state index >= 15 is 0 Å². The predicted octanol–water partition coefficient (Wildman–Crippen LogP) is 0.767. The highest BCUT2D eigenvalue weighted by Crippen LogP contribution is 2.13. The second-order valence-electron chi connectivity index (χ2n) is 2.56. The Kier molecular flexibility index (Phi) is 2.65. The maximum Gasteiger partial charge on any atom is 0.221 e. The van der Waals surface area contributed by atoms with Crippen molar-refractivity contribution in [3.05, 3.63) is 12.7 Å². The summed E-state index contributed by atoms with van der Waals surface area (Å²) in [5.74, 6) is 0.0781. The van der Waals surface area contributed by atoms with Crippen LogP contribution in [0.25, 0.3) is 0 Å². The zero-order valence-electron chi connectivity index (χ0n) is 6.75. The number of carbonyl (C=O) groups is 1. The van der Waals surface area contributed by atoms with E-state index in [1.54, 1.807) is 17.9 Å². The minimum atomic E-state index is -0.0648. The summed E-state index contributed by atoms with van der Waals surface area (Å²) in [5.41, 5.74) is 0. The molecule has 1 rings (SSSR count). The van der Waals surface area contributed by atoms with Gasteiger partial charge in [-0.05, 0) is 0 Å². The summed E-state index contributed by atoms with van der Waals surface area (Å²) in [6.45, 7) is 6.53. The van der Waals surface area contributed by atoms with Crippen LogP contribution in [0.1, 0.15) is 13.3 Å². The lowest BCUT2D eigenvalue weighted by molar-refractivity contribution is -0.133. The zero-order chi connectivity index (χ0) is 8.27. The molecular formula is C8H13NO2. The molecular weight excluding hydrogens is 142 g/mol. The van der Waals surface area contributed by atoms with Gasteiger partial charge in [-0.15, -0.1) is 6.58 Å². The molecule has 1 amide bonds. The number of nitrogens with zero attached hydrogens (tertiary/aromatic N) is 1. The number of rotatable bonds is 2. The molecule has 0 saturated carbocycles. The third-order valence-electron chi connectivity index (χ3n) is 1.76. The lowest BCUT2D eigenvalue weighted by Crippen LogP contribution is -2.33. The van der Waals surface area contributed by atoms with Gasteiger partial charge < -0.3 is 9.64 Å². The van der Waals surface area contributed by atoms with E-state index in [0.717, 1.165) is 6.42 Å². The molecule has 1 heterocycles. The van der Waals surface area contributed by atoms with Gasteiger partial charge in [0, 0.05) is 19.9 Å². The van der Waals surface area contributed by atoms with Gasteiger partial charge in [0.05, 0.1) is 6.61 Å². The molecule has 1 fully saturated rings. The van der Waals surface area contributed by atoms with Crippen molar-refractivity contribution in [1.82, 2.24) is 4.90 Å². The highest BCUT2D eigenvalue weighted by atomic mass is 16.5. The van der Waals surface area contributed by atoms with Crippen LogP contribution in [0.3, 0.4) is 0 Å². The second-order valence-corrected chi connectivity index (χ2v) is 2.56. The third-order valence-corrected chi connectivity index (χ3v) is 1.76. The molecule has 0 aromatic rings. The maximum absolute atomic E-state index is 10.9. The van der Waals surface area contributed by atoms with E-state index < -0.39 is 0 Å². The van der Waals surface area contributed by atoms with Crippen LogP contribution in [-0.4, -0.2) is 30.2 Å². The molecule has 0 aliphatic carbocycles. The fourth-order valence-corrected chi connectivity index (χ4v) is 1.22. The first-order valence-electron chi connectivity index (χ1n) is 3.75. The molecule has 0 N–H and O–H groups in total. The molecule has 0 aromatic heterocycles. The van der Waals surface area contributed by atoms with Crippen molar-refractivity contribution < 1.29 is 9.53 Å². The summed E-state index contributed by atoms with van der Waals surface area (Å²) in [4.78, 5) is 12.7. The molecule has 1 saturated heterocycles. The first kappa shape index (κ1) is 8.27. The predicted molar refractivity (Wildman–Crippen MR) is 41.9 cm³/mol. The van der Waals surface area contributed by atoms with E-state index in [1.165, 1.54) is 0 Å². The smallest absolute Gasteiger partial charge is 0.221 e. The van der Waals surface area contributed by atoms with Crippen LogP contribution in [-0.2, 0) is 9.53 Å². The highest BCUT2D eigenvalue weighted by Gasteiger charge is 2.25. The Labute approximate surface area is 66.6 Å². The molecule has 11 heavy (non-hydrogen) atoms. The molecule has 1 aliphatic rings. The summed E-state index contributed by atoms with van der Waals surface area (Å²) in [7, 11) is 0. The SMILES string of the molecule is C=CCC1OCCN1C(C)=O. The molecule has 3 nitrogen and oxygen atoms in total. The van der Waals surface area contributed by atoms with Gasteiger partial charge in [0.25, 0.3) is 0 Å². The molecule has 1 atom stereocenters. The second kappa shape index (κ2) is 3.53. The van der Waals surface area contributed by atoms with Gasteiger partial charge >= 0.3 is 0 Å². The van der Waals surface area contributed by atoms with Crippen molar-refractivity contribution in [1.29, 1.82) is 0 Å². The van der Waals surface area contributed by atoms with Gasteiger partial charge in [0.2, 0.25) is 5.91 Å². The van der Waals surface area contributed by atoms with Gasteiger partial charge in [0.15, 0.2) is 0 Å². The fraction of sp³-hybridized carbons (Fsp3) is 0.625. The van der Waals surface area contributed by atoms with Gasteiger partial charge in [-0.3, -0.25) is 4.79 Å². The lowest BCUT2D eigenvalue weighted by Gasteiger charge is -2.19. The fourth-order valence-electron chi connectivity index (χ4n) is 1.22. The number of ether oxygens (including phenoxy) is 1. The van der Waals surface area contributed by atoms with Gasteiger partial charge in [-0.1, -0.05) is 6.08 Å². The number of hydrogen-bond donors (Lipinski definition) is 0. The van der Waals surface area contributed by atoms with E-state index in [-0.39, 0.29) is 12.1 Å². The molecule has 0 aromatic carbocycles.